The molecule has 1 saturated heterocycles. The molecule has 8 heteroatoms. The average molecular weight is 369 g/mol. The van der Waals surface area contributed by atoms with Gasteiger partial charge in [0.1, 0.15) is 0 Å². The Morgan fingerprint density at radius 3 is 2.68 bits per heavy atom. The lowest BCUT2D eigenvalue weighted by Crippen LogP contribution is -2.52. The fourth-order valence-electron chi connectivity index (χ4n) is 3.63. The molecule has 1 aliphatic carbocycles. The minimum Gasteiger partial charge on any atom is -0.389 e. The molecule has 2 unspecified atom stereocenters. The molecule has 2 aliphatic rings. The molecule has 25 heavy (non-hydrogen) atoms. The van der Waals surface area contributed by atoms with Crippen LogP contribution in [0, 0.1) is 0 Å². The van der Waals surface area contributed by atoms with E-state index in [4.69, 9.17) is 9.88 Å². The van der Waals surface area contributed by atoms with Crippen molar-refractivity contribution in [2.75, 3.05) is 39.3 Å². The second-order valence-electron chi connectivity index (χ2n) is 6.81. The zero-order valence-electron chi connectivity index (χ0n) is 14.4. The Bertz CT molecular complexity index is 674. The standard InChI is InChI=1S/C17H27N3O4S/c18-25(22,23)20-10-8-19(9-11-20)12-15(21)13-24-17-7-3-5-14-4-1-2-6-16(14)17/h1-2,4,6,15,17,21H,3,5,7-13H2,(H2,18,22,23). The van der Waals surface area contributed by atoms with Gasteiger partial charge in [0.2, 0.25) is 0 Å². The van der Waals surface area contributed by atoms with Gasteiger partial charge in [-0.05, 0) is 30.4 Å². The number of aliphatic hydroxyl groups is 1. The second kappa shape index (κ2) is 8.11. The van der Waals surface area contributed by atoms with Crippen LogP contribution in [0.4, 0.5) is 0 Å². The van der Waals surface area contributed by atoms with Gasteiger partial charge >= 0.3 is 0 Å². The molecule has 0 radical (unpaired) electrons. The van der Waals surface area contributed by atoms with E-state index >= 15 is 0 Å². The number of β-amino-alcohol motifs (C(OH)–C–C–N with tert-alkyl or cyclic N) is 1. The molecule has 1 fully saturated rings. The Balaban J connectivity index is 1.44. The van der Waals surface area contributed by atoms with E-state index in [1.54, 1.807) is 0 Å². The number of nitrogens with two attached hydrogens (primary N) is 1. The van der Waals surface area contributed by atoms with E-state index in [-0.39, 0.29) is 12.7 Å². The van der Waals surface area contributed by atoms with Crippen molar-refractivity contribution in [3.8, 4) is 0 Å². The molecular formula is C17H27N3O4S. The van der Waals surface area contributed by atoms with Gasteiger partial charge in [-0.2, -0.15) is 12.7 Å². The summed E-state index contributed by atoms with van der Waals surface area (Å²) in [6.45, 7) is 2.63. The minimum absolute atomic E-state index is 0.0545. The number of ether oxygens (including phenoxy) is 1. The highest BCUT2D eigenvalue weighted by atomic mass is 32.2. The largest absolute Gasteiger partial charge is 0.389 e. The number of aryl methyl sites for hydroxylation is 1. The number of aliphatic hydroxyl groups excluding tert-OH is 1. The van der Waals surface area contributed by atoms with E-state index in [9.17, 15) is 13.5 Å². The normalized spacial score (nSPS) is 24.0. The number of rotatable bonds is 6. The van der Waals surface area contributed by atoms with E-state index in [2.05, 4.69) is 18.2 Å². The van der Waals surface area contributed by atoms with Gasteiger partial charge in [0, 0.05) is 32.7 Å². The lowest BCUT2D eigenvalue weighted by Gasteiger charge is -2.34. The predicted octanol–water partition coefficient (Wildman–Crippen LogP) is 0.263. The van der Waals surface area contributed by atoms with Crippen LogP contribution in [0.1, 0.15) is 30.1 Å². The maximum atomic E-state index is 11.3. The summed E-state index contributed by atoms with van der Waals surface area (Å²) < 4.78 is 29.9. The number of piperazine rings is 1. The predicted molar refractivity (Wildman–Crippen MR) is 95.2 cm³/mol. The van der Waals surface area contributed by atoms with Crippen LogP contribution in [0.3, 0.4) is 0 Å². The van der Waals surface area contributed by atoms with Gasteiger partial charge in [-0.25, -0.2) is 5.14 Å². The first-order valence-corrected chi connectivity index (χ1v) is 10.3. The molecule has 0 amide bonds. The quantitative estimate of drug-likeness (QED) is 0.750. The van der Waals surface area contributed by atoms with Crippen LogP contribution in [-0.2, 0) is 21.4 Å². The Kier molecular flexibility index (Phi) is 6.08. The molecule has 3 rings (SSSR count). The zero-order chi connectivity index (χ0) is 17.9. The van der Waals surface area contributed by atoms with Crippen LogP contribution in [0.25, 0.3) is 0 Å². The topological polar surface area (TPSA) is 96.1 Å². The van der Waals surface area contributed by atoms with E-state index in [1.807, 2.05) is 11.0 Å². The van der Waals surface area contributed by atoms with Gasteiger partial charge < -0.3 is 9.84 Å². The first-order valence-electron chi connectivity index (χ1n) is 8.81. The molecule has 0 aromatic heterocycles. The van der Waals surface area contributed by atoms with Crippen molar-refractivity contribution < 1.29 is 18.3 Å². The molecular weight excluding hydrogens is 342 g/mol. The SMILES string of the molecule is NS(=O)(=O)N1CCN(CC(O)COC2CCCc3ccccc32)CC1. The first-order chi connectivity index (χ1) is 11.9. The molecule has 2 atom stereocenters. The summed E-state index contributed by atoms with van der Waals surface area (Å²) in [4.78, 5) is 2.05. The van der Waals surface area contributed by atoms with Crippen LogP contribution < -0.4 is 5.14 Å². The Hall–Kier alpha value is -1.03. The molecule has 1 aromatic rings. The summed E-state index contributed by atoms with van der Waals surface area (Å²) in [5, 5.41) is 15.4. The minimum atomic E-state index is -3.61. The summed E-state index contributed by atoms with van der Waals surface area (Å²) in [5.41, 5.74) is 2.58. The summed E-state index contributed by atoms with van der Waals surface area (Å²) in [6.07, 6.45) is 2.64. The van der Waals surface area contributed by atoms with Crippen LogP contribution in [0.5, 0.6) is 0 Å². The Labute approximate surface area is 149 Å². The summed E-state index contributed by atoms with van der Waals surface area (Å²) >= 11 is 0. The zero-order valence-corrected chi connectivity index (χ0v) is 15.2. The van der Waals surface area contributed by atoms with Gasteiger partial charge in [-0.15, -0.1) is 0 Å². The van der Waals surface area contributed by atoms with Crippen LogP contribution in [-0.4, -0.2) is 68.2 Å². The van der Waals surface area contributed by atoms with Gasteiger partial charge in [-0.3, -0.25) is 4.90 Å². The van der Waals surface area contributed by atoms with E-state index in [0.717, 1.165) is 19.3 Å². The maximum Gasteiger partial charge on any atom is 0.276 e. The van der Waals surface area contributed by atoms with Crippen molar-refractivity contribution in [2.24, 2.45) is 5.14 Å². The lowest BCUT2D eigenvalue weighted by atomic mass is 9.89. The molecule has 0 bridgehead atoms. The Morgan fingerprint density at radius 1 is 1.24 bits per heavy atom. The van der Waals surface area contributed by atoms with Crippen molar-refractivity contribution in [1.82, 2.24) is 9.21 Å². The van der Waals surface area contributed by atoms with Gasteiger partial charge in [0.25, 0.3) is 10.2 Å². The average Bonchev–Trinajstić information content (AvgIpc) is 2.59. The number of benzene rings is 1. The van der Waals surface area contributed by atoms with Crippen molar-refractivity contribution in [3.05, 3.63) is 35.4 Å². The van der Waals surface area contributed by atoms with Crippen molar-refractivity contribution >= 4 is 10.2 Å². The highest BCUT2D eigenvalue weighted by molar-refractivity contribution is 7.86. The highest BCUT2D eigenvalue weighted by Gasteiger charge is 2.26. The van der Waals surface area contributed by atoms with Gasteiger partial charge in [-0.1, -0.05) is 24.3 Å². The third-order valence-electron chi connectivity index (χ3n) is 4.96. The molecule has 140 valence electrons. The monoisotopic (exact) mass is 369 g/mol. The lowest BCUT2D eigenvalue weighted by molar-refractivity contribution is -0.0304. The molecule has 0 saturated carbocycles. The summed E-state index contributed by atoms with van der Waals surface area (Å²) in [7, 11) is -3.61. The fourth-order valence-corrected chi connectivity index (χ4v) is 4.30. The summed E-state index contributed by atoms with van der Waals surface area (Å²) in [6, 6.07) is 8.34. The van der Waals surface area contributed by atoms with Crippen molar-refractivity contribution in [2.45, 2.75) is 31.5 Å². The van der Waals surface area contributed by atoms with Crippen molar-refractivity contribution in [3.63, 3.8) is 0 Å². The van der Waals surface area contributed by atoms with E-state index in [0.29, 0.717) is 32.7 Å². The molecule has 1 heterocycles. The van der Waals surface area contributed by atoms with Crippen LogP contribution in [0.2, 0.25) is 0 Å². The van der Waals surface area contributed by atoms with E-state index in [1.165, 1.54) is 15.4 Å². The van der Waals surface area contributed by atoms with Crippen LogP contribution in [0.15, 0.2) is 24.3 Å². The number of hydrogen-bond donors (Lipinski definition) is 2. The molecule has 7 nitrogen and oxygen atoms in total. The highest BCUT2D eigenvalue weighted by Crippen LogP contribution is 2.32. The third kappa shape index (κ3) is 4.99. The number of fused-ring (bicyclic) bond motifs is 1. The molecule has 0 spiro atoms. The van der Waals surface area contributed by atoms with Gasteiger partial charge in [0.05, 0.1) is 18.8 Å². The smallest absolute Gasteiger partial charge is 0.276 e. The number of nitrogens with zero attached hydrogens (tertiary/aromatic N) is 2. The van der Waals surface area contributed by atoms with Crippen LogP contribution >= 0.6 is 0 Å². The van der Waals surface area contributed by atoms with Gasteiger partial charge in [0.15, 0.2) is 0 Å². The third-order valence-corrected chi connectivity index (χ3v) is 6.05. The second-order valence-corrected chi connectivity index (χ2v) is 8.36. The van der Waals surface area contributed by atoms with E-state index < -0.39 is 16.3 Å². The molecule has 3 N–H and O–H groups in total. The maximum absolute atomic E-state index is 11.3. The number of hydrogen-bond acceptors (Lipinski definition) is 5. The molecule has 1 aliphatic heterocycles. The summed E-state index contributed by atoms with van der Waals surface area (Å²) in [5.74, 6) is 0. The molecule has 1 aromatic carbocycles. The first kappa shape index (κ1) is 18.8. The fraction of sp³-hybridized carbons (Fsp3) is 0.647. The Morgan fingerprint density at radius 2 is 1.96 bits per heavy atom. The van der Waals surface area contributed by atoms with Crippen molar-refractivity contribution in [1.29, 1.82) is 0 Å².